The summed E-state index contributed by atoms with van der Waals surface area (Å²) in [5, 5.41) is 13.5. The van der Waals surface area contributed by atoms with E-state index in [0.29, 0.717) is 0 Å². The van der Waals surface area contributed by atoms with Crippen molar-refractivity contribution in [1.82, 2.24) is 14.1 Å². The molecule has 53 heavy (non-hydrogen) atoms. The van der Waals surface area contributed by atoms with E-state index in [4.69, 9.17) is 4.98 Å². The van der Waals surface area contributed by atoms with Gasteiger partial charge in [-0.05, 0) is 81.5 Å². The molecular formula is C49H29N3S. The molecule has 3 aromatic heterocycles. The molecule has 0 saturated carbocycles. The third-order valence-corrected chi connectivity index (χ3v) is 12.2. The van der Waals surface area contributed by atoms with E-state index >= 15 is 0 Å². The van der Waals surface area contributed by atoms with Crippen molar-refractivity contribution in [3.05, 3.63) is 176 Å². The normalized spacial score (nSPS) is 12.2. The van der Waals surface area contributed by atoms with Gasteiger partial charge in [0.05, 0.1) is 32.3 Å². The van der Waals surface area contributed by atoms with Crippen LogP contribution >= 0.6 is 11.3 Å². The highest BCUT2D eigenvalue weighted by Crippen LogP contribution is 2.41. The highest BCUT2D eigenvalue weighted by Gasteiger charge is 2.18. The zero-order chi connectivity index (χ0) is 34.6. The average Bonchev–Trinajstić information content (AvgIpc) is 3.91. The molecular weight excluding hydrogens is 663 g/mol. The van der Waals surface area contributed by atoms with Gasteiger partial charge in [0.2, 0.25) is 0 Å². The van der Waals surface area contributed by atoms with Crippen LogP contribution in [0.5, 0.6) is 0 Å². The van der Waals surface area contributed by atoms with Crippen molar-refractivity contribution in [3.8, 4) is 21.9 Å². The van der Waals surface area contributed by atoms with Gasteiger partial charge in [-0.25, -0.2) is 4.98 Å². The van der Waals surface area contributed by atoms with Crippen LogP contribution in [-0.2, 0) is 0 Å². The molecule has 246 valence electrons. The van der Waals surface area contributed by atoms with Crippen molar-refractivity contribution in [1.29, 1.82) is 0 Å². The molecule has 0 bridgehead atoms. The van der Waals surface area contributed by atoms with Crippen LogP contribution in [0.15, 0.2) is 176 Å². The summed E-state index contributed by atoms with van der Waals surface area (Å²) < 4.78 is 6.07. The molecule has 0 aliphatic rings. The first kappa shape index (κ1) is 28.9. The Morgan fingerprint density at radius 2 is 0.981 bits per heavy atom. The van der Waals surface area contributed by atoms with E-state index in [1.54, 1.807) is 11.3 Å². The first-order chi connectivity index (χ1) is 26.3. The predicted molar refractivity (Wildman–Crippen MR) is 226 cm³/mol. The van der Waals surface area contributed by atoms with Crippen LogP contribution in [0.25, 0.3) is 108 Å². The summed E-state index contributed by atoms with van der Waals surface area (Å²) in [7, 11) is 0. The summed E-state index contributed by atoms with van der Waals surface area (Å²) in [5.74, 6) is 0. The second kappa shape index (κ2) is 10.9. The molecule has 0 radical (unpaired) electrons. The van der Waals surface area contributed by atoms with Gasteiger partial charge >= 0.3 is 0 Å². The van der Waals surface area contributed by atoms with E-state index in [0.717, 1.165) is 27.5 Å². The first-order valence-electron chi connectivity index (χ1n) is 18.0. The highest BCUT2D eigenvalue weighted by molar-refractivity contribution is 7.21. The van der Waals surface area contributed by atoms with Crippen molar-refractivity contribution in [2.45, 2.75) is 0 Å². The second-order valence-corrected chi connectivity index (χ2v) is 15.0. The summed E-state index contributed by atoms with van der Waals surface area (Å²) >= 11 is 1.76. The molecule has 0 amide bonds. The van der Waals surface area contributed by atoms with E-state index in [9.17, 15) is 0 Å². The number of thiazole rings is 1. The fourth-order valence-corrected chi connectivity index (χ4v) is 9.75. The maximum atomic E-state index is 5.21. The van der Waals surface area contributed by atoms with E-state index < -0.39 is 0 Å². The summed E-state index contributed by atoms with van der Waals surface area (Å²) in [5.41, 5.74) is 9.37. The third-order valence-electron chi connectivity index (χ3n) is 11.1. The Bertz CT molecular complexity index is 3460. The molecule has 0 unspecified atom stereocenters. The van der Waals surface area contributed by atoms with Gasteiger partial charge in [-0.3, -0.25) is 0 Å². The highest BCUT2D eigenvalue weighted by atomic mass is 32.1. The average molecular weight is 692 g/mol. The van der Waals surface area contributed by atoms with Crippen molar-refractivity contribution in [2.75, 3.05) is 0 Å². The fraction of sp³-hybridized carbons (Fsp3) is 0. The number of para-hydroxylation sites is 2. The summed E-state index contributed by atoms with van der Waals surface area (Å²) in [4.78, 5) is 5.21. The molecule has 0 N–H and O–H groups in total. The molecule has 4 heteroatoms. The van der Waals surface area contributed by atoms with Gasteiger partial charge in [0, 0.05) is 43.9 Å². The van der Waals surface area contributed by atoms with Crippen molar-refractivity contribution in [3.63, 3.8) is 0 Å². The van der Waals surface area contributed by atoms with Gasteiger partial charge < -0.3 is 9.13 Å². The maximum absolute atomic E-state index is 5.21. The van der Waals surface area contributed by atoms with Crippen molar-refractivity contribution >= 4 is 97.5 Å². The van der Waals surface area contributed by atoms with Crippen molar-refractivity contribution in [2.24, 2.45) is 0 Å². The number of hydrogen-bond donors (Lipinski definition) is 0. The van der Waals surface area contributed by atoms with Gasteiger partial charge in [0.25, 0.3) is 0 Å². The number of benzene rings is 9. The van der Waals surface area contributed by atoms with Crippen LogP contribution in [0.2, 0.25) is 0 Å². The number of hydrogen-bond acceptors (Lipinski definition) is 2. The lowest BCUT2D eigenvalue weighted by molar-refractivity contribution is 1.17. The number of rotatable bonds is 3. The Kier molecular flexibility index (Phi) is 5.93. The SMILES string of the molecule is c1ccc(-c2nc3c(ccc4ccc5cc(-n6c7ccccc7c7cc(-n8c9ccccc9c9c%10ccccc%10ccc98)ccc76)ccc5c43)s2)cc1. The number of aromatic nitrogens is 3. The number of nitrogens with zero attached hydrogens (tertiary/aromatic N) is 3. The third kappa shape index (κ3) is 4.12. The van der Waals surface area contributed by atoms with Crippen LogP contribution in [0, 0.1) is 0 Å². The van der Waals surface area contributed by atoms with Crippen LogP contribution in [0.4, 0.5) is 0 Å². The lowest BCUT2D eigenvalue weighted by Gasteiger charge is -2.12. The smallest absolute Gasteiger partial charge is 0.124 e. The van der Waals surface area contributed by atoms with Gasteiger partial charge in [0.15, 0.2) is 0 Å². The minimum absolute atomic E-state index is 1.06. The molecule has 0 saturated heterocycles. The van der Waals surface area contributed by atoms with Crippen LogP contribution in [0.1, 0.15) is 0 Å². The lowest BCUT2D eigenvalue weighted by atomic mass is 10.0. The van der Waals surface area contributed by atoms with Gasteiger partial charge in [-0.2, -0.15) is 0 Å². The van der Waals surface area contributed by atoms with Gasteiger partial charge in [-0.1, -0.05) is 121 Å². The van der Waals surface area contributed by atoms with Gasteiger partial charge in [0.1, 0.15) is 5.01 Å². The molecule has 0 aliphatic carbocycles. The van der Waals surface area contributed by atoms with Crippen molar-refractivity contribution < 1.29 is 0 Å². The minimum atomic E-state index is 1.06. The van der Waals surface area contributed by atoms with E-state index in [-0.39, 0.29) is 0 Å². The fourth-order valence-electron chi connectivity index (χ4n) is 8.77. The van der Waals surface area contributed by atoms with E-state index in [1.807, 2.05) is 0 Å². The molecule has 0 aliphatic heterocycles. The first-order valence-corrected chi connectivity index (χ1v) is 18.9. The van der Waals surface area contributed by atoms with E-state index in [1.165, 1.54) is 80.6 Å². The largest absolute Gasteiger partial charge is 0.309 e. The molecule has 3 heterocycles. The summed E-state index contributed by atoms with van der Waals surface area (Å²) in [6, 6.07) is 64.2. The zero-order valence-electron chi connectivity index (χ0n) is 28.5. The molecule has 3 nitrogen and oxygen atoms in total. The summed E-state index contributed by atoms with van der Waals surface area (Å²) in [6.45, 7) is 0. The Balaban J connectivity index is 1.07. The predicted octanol–water partition coefficient (Wildman–Crippen LogP) is 13.6. The molecule has 0 spiro atoms. The minimum Gasteiger partial charge on any atom is -0.309 e. The molecule has 12 rings (SSSR count). The quantitative estimate of drug-likeness (QED) is 0.169. The Morgan fingerprint density at radius 1 is 0.377 bits per heavy atom. The summed E-state index contributed by atoms with van der Waals surface area (Å²) in [6.07, 6.45) is 0. The topological polar surface area (TPSA) is 22.8 Å². The van der Waals surface area contributed by atoms with Crippen LogP contribution in [-0.4, -0.2) is 14.1 Å². The Morgan fingerprint density at radius 3 is 1.87 bits per heavy atom. The molecule has 0 fully saturated rings. The van der Waals surface area contributed by atoms with Crippen LogP contribution in [0.3, 0.4) is 0 Å². The standard InChI is InChI=1S/C49H29N3S/c1-2-11-32(12-3-1)49-50-48-45(53-49)27-21-31-18-19-33-28-34(22-24-37(33)46(31)48)51-41-16-8-6-14-38(41)40-29-35(23-26-43(40)51)52-42-17-9-7-15-39(42)47-36-13-5-4-10-30(36)20-25-44(47)52/h1-29H. The molecule has 12 aromatic rings. The number of fused-ring (bicyclic) bond motifs is 13. The molecule has 9 aromatic carbocycles. The van der Waals surface area contributed by atoms with Crippen LogP contribution < -0.4 is 0 Å². The lowest BCUT2D eigenvalue weighted by Crippen LogP contribution is -1.96. The Hall–Kier alpha value is -6.75. The van der Waals surface area contributed by atoms with E-state index in [2.05, 4.69) is 185 Å². The Labute approximate surface area is 308 Å². The van der Waals surface area contributed by atoms with Gasteiger partial charge in [-0.15, -0.1) is 11.3 Å². The monoisotopic (exact) mass is 691 g/mol. The zero-order valence-corrected chi connectivity index (χ0v) is 29.3. The molecule has 0 atom stereocenters. The second-order valence-electron chi connectivity index (χ2n) is 14.0. The maximum Gasteiger partial charge on any atom is 0.124 e.